The zero-order valence-electron chi connectivity index (χ0n) is 13.7. The van der Waals surface area contributed by atoms with Crippen LogP contribution in [-0.2, 0) is 12.0 Å². The molecule has 0 saturated carbocycles. The maximum atomic E-state index is 4.69. The van der Waals surface area contributed by atoms with Gasteiger partial charge < -0.3 is 0 Å². The zero-order valence-corrected chi connectivity index (χ0v) is 14.6. The second-order valence-electron chi connectivity index (χ2n) is 6.39. The molecule has 7 heteroatoms. The van der Waals surface area contributed by atoms with Gasteiger partial charge in [-0.1, -0.05) is 40.7 Å². The van der Waals surface area contributed by atoms with Crippen molar-refractivity contribution in [1.29, 1.82) is 0 Å². The largest absolute Gasteiger partial charge is 0.237 e. The summed E-state index contributed by atoms with van der Waals surface area (Å²) in [5.74, 6) is 1.11. The topological polar surface area (TPSA) is 69.4 Å². The normalized spacial score (nSPS) is 11.9. The average Bonchev–Trinajstić information content (AvgIpc) is 2.85. The third-order valence-corrected chi connectivity index (χ3v) is 3.89. The Morgan fingerprint density at radius 2 is 2.05 bits per heavy atom. The van der Waals surface area contributed by atoms with Crippen molar-refractivity contribution in [3.63, 3.8) is 0 Å². The summed E-state index contributed by atoms with van der Waals surface area (Å²) in [5.41, 5.74) is 0.992. The number of nitrogens with zero attached hydrogens (tertiary/aromatic N) is 6. The van der Waals surface area contributed by atoms with Crippen molar-refractivity contribution < 1.29 is 0 Å². The molecule has 0 atom stereocenters. The Kier molecular flexibility index (Phi) is 4.95. The van der Waals surface area contributed by atoms with E-state index in [2.05, 4.69) is 61.7 Å². The second-order valence-corrected chi connectivity index (χ2v) is 7.38. The lowest BCUT2D eigenvalue weighted by molar-refractivity contribution is 0.553. The van der Waals surface area contributed by atoms with E-state index in [0.29, 0.717) is 11.7 Å². The highest BCUT2D eigenvalue weighted by molar-refractivity contribution is 7.99. The smallest absolute Gasteiger partial charge is 0.215 e. The third kappa shape index (κ3) is 3.91. The van der Waals surface area contributed by atoms with Gasteiger partial charge in [0.25, 0.3) is 0 Å². The molecule has 0 saturated heterocycles. The fourth-order valence-corrected chi connectivity index (χ4v) is 2.53. The molecule has 0 aliphatic carbocycles. The van der Waals surface area contributed by atoms with Crippen molar-refractivity contribution in [1.82, 2.24) is 30.2 Å². The number of hydrogen-bond acceptors (Lipinski definition) is 6. The molecule has 0 radical (unpaired) electrons. The minimum Gasteiger partial charge on any atom is -0.237 e. The average molecular weight is 318 g/mol. The Bertz CT molecular complexity index is 656. The first-order valence-electron chi connectivity index (χ1n) is 7.25. The van der Waals surface area contributed by atoms with Crippen molar-refractivity contribution in [2.75, 3.05) is 0 Å². The van der Waals surface area contributed by atoms with E-state index in [1.165, 1.54) is 11.8 Å². The summed E-state index contributed by atoms with van der Waals surface area (Å²) in [6.45, 7) is 14.9. The minimum absolute atomic E-state index is 0.0328. The van der Waals surface area contributed by atoms with Crippen LogP contribution in [0.2, 0.25) is 0 Å². The number of hydrogen-bond donors (Lipinski definition) is 0. The van der Waals surface area contributed by atoms with Crippen LogP contribution in [0.25, 0.3) is 0 Å². The summed E-state index contributed by atoms with van der Waals surface area (Å²) in [4.78, 5) is 9.33. The maximum absolute atomic E-state index is 4.69. The highest BCUT2D eigenvalue weighted by Crippen LogP contribution is 2.29. The van der Waals surface area contributed by atoms with Crippen LogP contribution in [-0.4, -0.2) is 30.2 Å². The van der Waals surface area contributed by atoms with Gasteiger partial charge in [-0.2, -0.15) is 0 Å². The van der Waals surface area contributed by atoms with Crippen LogP contribution in [0.1, 0.15) is 52.1 Å². The summed E-state index contributed by atoms with van der Waals surface area (Å²) in [5, 5.41) is 13.3. The van der Waals surface area contributed by atoms with E-state index >= 15 is 0 Å². The molecule has 2 rings (SSSR count). The van der Waals surface area contributed by atoms with Crippen LogP contribution in [0, 0.1) is 0 Å². The summed E-state index contributed by atoms with van der Waals surface area (Å²) >= 11 is 1.45. The molecule has 0 aromatic carbocycles. The minimum atomic E-state index is -0.0328. The van der Waals surface area contributed by atoms with Gasteiger partial charge in [-0.3, -0.25) is 0 Å². The summed E-state index contributed by atoms with van der Waals surface area (Å²) in [7, 11) is 0. The molecule has 6 nitrogen and oxygen atoms in total. The van der Waals surface area contributed by atoms with Crippen LogP contribution in [0.4, 0.5) is 0 Å². The molecule has 22 heavy (non-hydrogen) atoms. The molecule has 0 N–H and O–H groups in total. The van der Waals surface area contributed by atoms with Crippen molar-refractivity contribution in [3.05, 3.63) is 30.2 Å². The number of rotatable bonds is 5. The van der Waals surface area contributed by atoms with E-state index in [9.17, 15) is 0 Å². The molecule has 2 aromatic heterocycles. The Morgan fingerprint density at radius 3 is 2.64 bits per heavy atom. The van der Waals surface area contributed by atoms with Gasteiger partial charge in [-0.05, 0) is 28.3 Å². The number of aromatic nitrogens is 6. The quantitative estimate of drug-likeness (QED) is 0.623. The molecule has 2 aromatic rings. The van der Waals surface area contributed by atoms with E-state index in [1.54, 1.807) is 10.8 Å². The van der Waals surface area contributed by atoms with Gasteiger partial charge in [-0.15, -0.1) is 11.7 Å². The molecular weight excluding hydrogens is 296 g/mol. The fourth-order valence-electron chi connectivity index (χ4n) is 1.74. The predicted molar refractivity (Wildman–Crippen MR) is 87.0 cm³/mol. The van der Waals surface area contributed by atoms with Crippen LogP contribution >= 0.6 is 11.8 Å². The van der Waals surface area contributed by atoms with E-state index in [1.807, 2.05) is 6.07 Å². The standard InChI is InChI=1S/C15H22N6S/c1-7-8-21-14(18-19-20-21)22-12-9-11(15(4,5)6)16-13(17-12)10(2)3/h7,9-10H,1,8H2,2-6H3. The number of tetrazole rings is 1. The Hall–Kier alpha value is -1.76. The molecule has 0 bridgehead atoms. The molecule has 0 spiro atoms. The monoisotopic (exact) mass is 318 g/mol. The molecule has 0 amide bonds. The Balaban J connectivity index is 2.39. The highest BCUT2D eigenvalue weighted by atomic mass is 32.2. The van der Waals surface area contributed by atoms with Gasteiger partial charge in [0.05, 0.1) is 12.2 Å². The fraction of sp³-hybridized carbons (Fsp3) is 0.533. The zero-order chi connectivity index (χ0) is 16.3. The van der Waals surface area contributed by atoms with Crippen LogP contribution < -0.4 is 0 Å². The van der Waals surface area contributed by atoms with Crippen molar-refractivity contribution in [3.8, 4) is 0 Å². The van der Waals surface area contributed by atoms with Gasteiger partial charge in [0.15, 0.2) is 0 Å². The predicted octanol–water partition coefficient (Wildman–Crippen LogP) is 3.22. The van der Waals surface area contributed by atoms with Crippen LogP contribution in [0.3, 0.4) is 0 Å². The Labute approximate surface area is 135 Å². The highest BCUT2D eigenvalue weighted by Gasteiger charge is 2.20. The molecule has 118 valence electrons. The molecule has 0 aliphatic heterocycles. The molecule has 2 heterocycles. The summed E-state index contributed by atoms with van der Waals surface area (Å²) in [6.07, 6.45) is 1.76. The molecule has 0 unspecified atom stereocenters. The lowest BCUT2D eigenvalue weighted by Gasteiger charge is -2.20. The number of allylic oxidation sites excluding steroid dienone is 1. The van der Waals surface area contributed by atoms with Crippen molar-refractivity contribution >= 4 is 11.8 Å². The van der Waals surface area contributed by atoms with E-state index in [0.717, 1.165) is 16.5 Å². The molecule has 0 aliphatic rings. The van der Waals surface area contributed by atoms with E-state index in [-0.39, 0.29) is 11.3 Å². The van der Waals surface area contributed by atoms with Gasteiger partial charge in [0.1, 0.15) is 10.9 Å². The SMILES string of the molecule is C=CCn1nnnc1Sc1cc(C(C)(C)C)nc(C(C)C)n1. The lowest BCUT2D eigenvalue weighted by Crippen LogP contribution is -2.16. The summed E-state index contributed by atoms with van der Waals surface area (Å²) < 4.78 is 1.70. The lowest BCUT2D eigenvalue weighted by atomic mass is 9.92. The first-order valence-corrected chi connectivity index (χ1v) is 8.07. The first kappa shape index (κ1) is 16.6. The van der Waals surface area contributed by atoms with Gasteiger partial charge >= 0.3 is 0 Å². The van der Waals surface area contributed by atoms with Crippen molar-refractivity contribution in [2.45, 2.75) is 62.7 Å². The third-order valence-electron chi connectivity index (χ3n) is 3.00. The van der Waals surface area contributed by atoms with E-state index < -0.39 is 0 Å². The summed E-state index contributed by atoms with van der Waals surface area (Å²) in [6, 6.07) is 2.02. The molecule has 0 fully saturated rings. The van der Waals surface area contributed by atoms with Crippen LogP contribution in [0.5, 0.6) is 0 Å². The van der Waals surface area contributed by atoms with Gasteiger partial charge in [-0.25, -0.2) is 14.6 Å². The van der Waals surface area contributed by atoms with Gasteiger partial charge in [0, 0.05) is 11.3 Å². The molecular formula is C15H22N6S. The van der Waals surface area contributed by atoms with Gasteiger partial charge in [0.2, 0.25) is 5.16 Å². The first-order chi connectivity index (χ1) is 10.3. The second kappa shape index (κ2) is 6.56. The van der Waals surface area contributed by atoms with Crippen LogP contribution in [0.15, 0.2) is 28.9 Å². The van der Waals surface area contributed by atoms with Crippen molar-refractivity contribution in [2.24, 2.45) is 0 Å². The maximum Gasteiger partial charge on any atom is 0.215 e. The Morgan fingerprint density at radius 1 is 1.32 bits per heavy atom. The van der Waals surface area contributed by atoms with E-state index in [4.69, 9.17) is 4.98 Å².